The van der Waals surface area contributed by atoms with Crippen LogP contribution in [-0.2, 0) is 29.5 Å². The van der Waals surface area contributed by atoms with Crippen LogP contribution in [0.25, 0.3) is 0 Å². The van der Waals surface area contributed by atoms with Crippen LogP contribution in [0.15, 0.2) is 103 Å². The van der Waals surface area contributed by atoms with E-state index in [2.05, 4.69) is 90.1 Å². The lowest BCUT2D eigenvalue weighted by atomic mass is 9.94. The molecule has 0 N–H and O–H groups in total. The van der Waals surface area contributed by atoms with Crippen LogP contribution in [0.1, 0.15) is 60.5 Å². The van der Waals surface area contributed by atoms with Crippen LogP contribution in [0.2, 0.25) is 23.2 Å². The molecule has 0 radical (unpaired) electrons. The molecule has 1 heterocycles. The van der Waals surface area contributed by atoms with E-state index in [-0.39, 0.29) is 23.5 Å². The number of aryl methyl sites for hydroxylation is 1. The summed E-state index contributed by atoms with van der Waals surface area (Å²) in [7, 11) is -3.41. The number of Topliss-reactive ketones (excluding diaryl/α,β-unsaturated/α-hetero) is 1. The molecule has 0 unspecified atom stereocenters. The third-order valence-corrected chi connectivity index (χ3v) is 19.7. The largest absolute Gasteiger partial charge is 0.411 e. The summed E-state index contributed by atoms with van der Waals surface area (Å²) in [5, 5.41) is 1.98. The van der Waals surface area contributed by atoms with E-state index in [4.69, 9.17) is 18.3 Å². The van der Waals surface area contributed by atoms with Crippen LogP contribution in [0.4, 0.5) is 0 Å². The maximum atomic E-state index is 14.3. The van der Waals surface area contributed by atoms with Crippen LogP contribution in [0.5, 0.6) is 0 Å². The molecule has 3 atom stereocenters. The van der Waals surface area contributed by atoms with Crippen molar-refractivity contribution in [3.8, 4) is 0 Å². The Morgan fingerprint density at radius 3 is 1.76 bits per heavy atom. The molecule has 5 nitrogen and oxygen atoms in total. The van der Waals surface area contributed by atoms with Gasteiger partial charge in [0.25, 0.3) is 14.1 Å². The fraction of sp³-hybridized carbons (Fsp3) is 0.462. The summed E-state index contributed by atoms with van der Waals surface area (Å²) in [4.78, 5) is 14.3. The zero-order valence-electron chi connectivity index (χ0n) is 29.2. The van der Waals surface area contributed by atoms with E-state index in [9.17, 15) is 4.79 Å². The number of hydrogen-bond donors (Lipinski definition) is 0. The first-order chi connectivity index (χ1) is 21.9. The van der Waals surface area contributed by atoms with Crippen LogP contribution >= 0.6 is 0 Å². The monoisotopic (exact) mass is 658 g/mol. The van der Waals surface area contributed by atoms with Crippen molar-refractivity contribution >= 4 is 32.8 Å². The third kappa shape index (κ3) is 7.40. The van der Waals surface area contributed by atoms with Gasteiger partial charge >= 0.3 is 0 Å². The van der Waals surface area contributed by atoms with Crippen molar-refractivity contribution in [3.05, 3.63) is 109 Å². The molecule has 0 bridgehead atoms. The normalized spacial score (nSPS) is 21.0. The maximum absolute atomic E-state index is 14.3. The number of ketones is 1. The Balaban J connectivity index is 1.64. The lowest BCUT2D eigenvalue weighted by molar-refractivity contribution is -0.232. The molecule has 0 saturated heterocycles. The number of methoxy groups -OCH3 is 1. The Bertz CT molecular complexity index is 1370. The number of carbonyl (C=O) groups excluding carboxylic acids is 1. The number of benzene rings is 3. The van der Waals surface area contributed by atoms with Gasteiger partial charge in [-0.25, -0.2) is 0 Å². The van der Waals surface area contributed by atoms with Gasteiger partial charge in [0.15, 0.2) is 8.32 Å². The van der Waals surface area contributed by atoms with Crippen LogP contribution in [0, 0.1) is 0 Å². The molecule has 7 heteroatoms. The highest BCUT2D eigenvalue weighted by Crippen LogP contribution is 2.41. The van der Waals surface area contributed by atoms with Crippen molar-refractivity contribution in [2.45, 2.75) is 102 Å². The molecule has 248 valence electrons. The predicted molar refractivity (Wildman–Crippen MR) is 194 cm³/mol. The first kappa shape index (κ1) is 36.2. The van der Waals surface area contributed by atoms with E-state index in [0.717, 1.165) is 41.3 Å². The smallest absolute Gasteiger partial charge is 0.261 e. The SMILES string of the molecule is CC[Si](CC)(CC)O[C@@H](CCc1ccccc1)[C@]1(C)C=C[C@](OC)(C(=O)CO[Si](c2ccccc2)(c2ccccc2)C(C)(C)C)O1. The highest BCUT2D eigenvalue weighted by Gasteiger charge is 2.55. The second-order valence-electron chi connectivity index (χ2n) is 13.7. The van der Waals surface area contributed by atoms with Crippen molar-refractivity contribution in [1.82, 2.24) is 0 Å². The van der Waals surface area contributed by atoms with Crippen molar-refractivity contribution in [1.29, 1.82) is 0 Å². The molecule has 0 aromatic heterocycles. The topological polar surface area (TPSA) is 54.0 Å². The third-order valence-electron chi connectivity index (χ3n) is 10.0. The molecule has 0 fully saturated rings. The molecule has 1 aliphatic rings. The summed E-state index contributed by atoms with van der Waals surface area (Å²) in [6.07, 6.45) is 5.16. The Kier molecular flexibility index (Phi) is 11.8. The Morgan fingerprint density at radius 2 is 1.30 bits per heavy atom. The van der Waals surface area contributed by atoms with Gasteiger partial charge in [-0.1, -0.05) is 133 Å². The first-order valence-corrected chi connectivity index (χ1v) is 21.3. The predicted octanol–water partition coefficient (Wildman–Crippen LogP) is 7.84. The van der Waals surface area contributed by atoms with Gasteiger partial charge in [0.1, 0.15) is 5.60 Å². The van der Waals surface area contributed by atoms with Crippen LogP contribution < -0.4 is 10.4 Å². The van der Waals surface area contributed by atoms with Gasteiger partial charge in [-0.05, 0) is 71.0 Å². The Labute approximate surface area is 279 Å². The molecule has 0 spiro atoms. The van der Waals surface area contributed by atoms with E-state index >= 15 is 0 Å². The van der Waals surface area contributed by atoms with Gasteiger partial charge in [0.2, 0.25) is 5.78 Å². The quantitative estimate of drug-likeness (QED) is 0.116. The molecule has 4 rings (SSSR count). The minimum absolute atomic E-state index is 0.144. The highest BCUT2D eigenvalue weighted by atomic mass is 28.4. The fourth-order valence-corrected chi connectivity index (χ4v) is 14.4. The number of carbonyl (C=O) groups is 1. The zero-order valence-corrected chi connectivity index (χ0v) is 31.2. The maximum Gasteiger partial charge on any atom is 0.261 e. The molecule has 0 saturated carbocycles. The lowest BCUT2D eigenvalue weighted by Crippen LogP contribution is -2.67. The van der Waals surface area contributed by atoms with E-state index in [0.29, 0.717) is 0 Å². The van der Waals surface area contributed by atoms with Gasteiger partial charge in [-0.15, -0.1) is 0 Å². The van der Waals surface area contributed by atoms with Crippen molar-refractivity contribution < 1.29 is 23.1 Å². The van der Waals surface area contributed by atoms with E-state index in [1.807, 2.05) is 55.5 Å². The summed E-state index contributed by atoms with van der Waals surface area (Å²) in [5.74, 6) is -1.82. The van der Waals surface area contributed by atoms with Crippen LogP contribution in [-0.4, -0.2) is 53.6 Å². The second kappa shape index (κ2) is 15.1. The molecule has 0 amide bonds. The van der Waals surface area contributed by atoms with Crippen molar-refractivity contribution in [3.63, 3.8) is 0 Å². The zero-order chi connectivity index (χ0) is 33.5. The first-order valence-electron chi connectivity index (χ1n) is 16.9. The molecular formula is C39H54O5Si2. The minimum atomic E-state index is -2.94. The van der Waals surface area contributed by atoms with Gasteiger partial charge in [0.05, 0.1) is 12.7 Å². The minimum Gasteiger partial charge on any atom is -0.411 e. The lowest BCUT2D eigenvalue weighted by Gasteiger charge is -2.44. The molecule has 46 heavy (non-hydrogen) atoms. The van der Waals surface area contributed by atoms with Gasteiger partial charge in [0, 0.05) is 7.11 Å². The summed E-state index contributed by atoms with van der Waals surface area (Å²) >= 11 is 0. The number of ether oxygens (including phenoxy) is 2. The van der Waals surface area contributed by atoms with Gasteiger partial charge in [-0.2, -0.15) is 0 Å². The Hall–Kier alpha value is -2.66. The molecular weight excluding hydrogens is 605 g/mol. The second-order valence-corrected chi connectivity index (χ2v) is 22.8. The van der Waals surface area contributed by atoms with E-state index < -0.39 is 28.0 Å². The molecule has 3 aromatic rings. The van der Waals surface area contributed by atoms with E-state index in [1.165, 1.54) is 5.56 Å². The van der Waals surface area contributed by atoms with Gasteiger partial charge < -0.3 is 18.3 Å². The van der Waals surface area contributed by atoms with Crippen molar-refractivity contribution in [2.24, 2.45) is 0 Å². The average molecular weight is 659 g/mol. The van der Waals surface area contributed by atoms with Crippen molar-refractivity contribution in [2.75, 3.05) is 13.7 Å². The van der Waals surface area contributed by atoms with Crippen LogP contribution in [0.3, 0.4) is 0 Å². The van der Waals surface area contributed by atoms with E-state index in [1.54, 1.807) is 13.2 Å². The molecule has 0 aliphatic carbocycles. The number of hydrogen-bond acceptors (Lipinski definition) is 5. The summed E-state index contributed by atoms with van der Waals surface area (Å²) in [5.41, 5.74) is 0.404. The fourth-order valence-electron chi connectivity index (χ4n) is 6.96. The number of rotatable bonds is 16. The molecule has 3 aromatic carbocycles. The average Bonchev–Trinajstić information content (AvgIpc) is 3.45. The highest BCUT2D eigenvalue weighted by molar-refractivity contribution is 6.99. The molecule has 1 aliphatic heterocycles. The summed E-state index contributed by atoms with van der Waals surface area (Å²) < 4.78 is 26.9. The standard InChI is InChI=1S/C39H54O5Si2/c1-9-45(10-2,11-3)43-36(28-27-32-21-15-12-16-22-32)38(7)29-30-39(41-8,44-38)35(40)31-42-46(37(4,5)6,33-23-17-13-18-24-33)34-25-19-14-20-26-34/h12-26,29-30,36H,9-11,27-28,31H2,1-8H3/t36-,38-,39+/m0/s1. The van der Waals surface area contributed by atoms with Gasteiger partial charge in [-0.3, -0.25) is 4.79 Å². The summed E-state index contributed by atoms with van der Waals surface area (Å²) in [6, 6.07) is 34.3. The summed E-state index contributed by atoms with van der Waals surface area (Å²) in [6.45, 7) is 15.2. The Morgan fingerprint density at radius 1 is 0.804 bits per heavy atom.